The molecule has 1 atom stereocenters. The molecule has 0 saturated heterocycles. The van der Waals surface area contributed by atoms with E-state index in [1.807, 2.05) is 0 Å². The molecule has 3 rings (SSSR count). The molecule has 0 bridgehead atoms. The van der Waals surface area contributed by atoms with Crippen molar-refractivity contribution in [3.8, 4) is 0 Å². The molecule has 0 saturated carbocycles. The zero-order chi connectivity index (χ0) is 20.9. The number of benzene rings is 2. The fourth-order valence-corrected chi connectivity index (χ4v) is 6.80. The van der Waals surface area contributed by atoms with E-state index in [1.165, 1.54) is 12.3 Å². The van der Waals surface area contributed by atoms with Crippen molar-refractivity contribution in [3.63, 3.8) is 0 Å². The molecule has 0 spiro atoms. The lowest BCUT2D eigenvalue weighted by molar-refractivity contribution is 0.210. The van der Waals surface area contributed by atoms with Crippen LogP contribution in [0, 0.1) is 0 Å². The molecule has 0 aliphatic rings. The van der Waals surface area contributed by atoms with Crippen molar-refractivity contribution >= 4 is 28.5 Å². The summed E-state index contributed by atoms with van der Waals surface area (Å²) in [5.41, 5.74) is 0.812. The van der Waals surface area contributed by atoms with Gasteiger partial charge in [-0.25, -0.2) is 8.42 Å². The van der Waals surface area contributed by atoms with Crippen LogP contribution in [-0.2, 0) is 23.6 Å². The van der Waals surface area contributed by atoms with Gasteiger partial charge in [-0.3, -0.25) is 9.55 Å². The monoisotopic (exact) mass is 434 g/mol. The lowest BCUT2D eigenvalue weighted by atomic mass is 10.2. The third-order valence-electron chi connectivity index (χ3n) is 4.20. The first-order valence-electron chi connectivity index (χ1n) is 9.21. The maximum Gasteiger partial charge on any atom is 0.352 e. The first-order valence-corrected chi connectivity index (χ1v) is 12.3. The van der Waals surface area contributed by atoms with Gasteiger partial charge in [0.05, 0.1) is 18.7 Å². The van der Waals surface area contributed by atoms with E-state index in [-0.39, 0.29) is 18.1 Å². The van der Waals surface area contributed by atoms with Crippen LogP contribution in [0.1, 0.15) is 25.2 Å². The van der Waals surface area contributed by atoms with Gasteiger partial charge in [-0.05, 0) is 31.5 Å². The molecule has 0 radical (unpaired) electrons. The molecule has 2 aromatic carbocycles. The van der Waals surface area contributed by atoms with Crippen molar-refractivity contribution in [3.05, 3.63) is 72.4 Å². The van der Waals surface area contributed by atoms with E-state index < -0.39 is 23.4 Å². The number of aromatic nitrogens is 1. The fourth-order valence-electron chi connectivity index (χ4n) is 3.00. The van der Waals surface area contributed by atoms with Crippen molar-refractivity contribution in [1.29, 1.82) is 0 Å². The summed E-state index contributed by atoms with van der Waals surface area (Å²) in [7, 11) is -7.94. The average molecular weight is 434 g/mol. The quantitative estimate of drug-likeness (QED) is 0.499. The topological polar surface area (TPSA) is 94.6 Å². The zero-order valence-electron chi connectivity index (χ0n) is 16.2. The summed E-state index contributed by atoms with van der Waals surface area (Å²) < 4.78 is 53.5. The molecule has 29 heavy (non-hydrogen) atoms. The lowest BCUT2D eigenvalue weighted by Crippen LogP contribution is -2.30. The number of nitrogens with one attached hydrogen (secondary N) is 1. The molecule has 3 aromatic rings. The summed E-state index contributed by atoms with van der Waals surface area (Å²) >= 11 is 0. The Bertz CT molecular complexity index is 1110. The Morgan fingerprint density at radius 1 is 0.966 bits per heavy atom. The van der Waals surface area contributed by atoms with E-state index in [2.05, 4.69) is 9.71 Å². The Kier molecular flexibility index (Phi) is 6.82. The van der Waals surface area contributed by atoms with Crippen molar-refractivity contribution < 1.29 is 22.0 Å². The Morgan fingerprint density at radius 2 is 1.62 bits per heavy atom. The summed E-state index contributed by atoms with van der Waals surface area (Å²) in [4.78, 5) is 4.21. The van der Waals surface area contributed by atoms with Gasteiger partial charge in [-0.2, -0.15) is 4.72 Å². The number of fused-ring (bicyclic) bond motifs is 1. The minimum Gasteiger partial charge on any atom is -0.308 e. The third kappa shape index (κ3) is 4.74. The second-order valence-electron chi connectivity index (χ2n) is 6.14. The summed E-state index contributed by atoms with van der Waals surface area (Å²) in [5, 5.41) is 0.685. The SMILES string of the molecule is CCOP(=O)(OCC)C(NS(=O)(=O)c1cccc2cccnc12)c1ccccc1. The molecule has 1 unspecified atom stereocenters. The number of pyridine rings is 1. The van der Waals surface area contributed by atoms with E-state index in [4.69, 9.17) is 9.05 Å². The van der Waals surface area contributed by atoms with E-state index in [1.54, 1.807) is 68.4 Å². The molecule has 9 heteroatoms. The van der Waals surface area contributed by atoms with E-state index in [0.29, 0.717) is 16.5 Å². The van der Waals surface area contributed by atoms with Gasteiger partial charge < -0.3 is 9.05 Å². The van der Waals surface area contributed by atoms with E-state index in [9.17, 15) is 13.0 Å². The Morgan fingerprint density at radius 3 is 2.28 bits per heavy atom. The standard InChI is InChI=1S/C20H23N2O5PS/c1-3-26-28(23,27-4-2)20(17-10-6-5-7-11-17)22-29(24,25)18-14-8-12-16-13-9-15-21-19(16)18/h5-15,20,22H,3-4H2,1-2H3. The second kappa shape index (κ2) is 9.15. The minimum absolute atomic E-state index is 0.00363. The maximum absolute atomic E-state index is 13.5. The molecule has 7 nitrogen and oxygen atoms in total. The van der Waals surface area contributed by atoms with Crippen molar-refractivity contribution in [2.24, 2.45) is 0 Å². The Hall–Kier alpha value is -2.09. The van der Waals surface area contributed by atoms with Gasteiger partial charge in [0.1, 0.15) is 10.7 Å². The van der Waals surface area contributed by atoms with Crippen LogP contribution in [0.15, 0.2) is 71.8 Å². The molecule has 0 fully saturated rings. The highest BCUT2D eigenvalue weighted by atomic mass is 32.2. The van der Waals surface area contributed by atoms with Crippen LogP contribution in [0.4, 0.5) is 0 Å². The molecule has 0 aliphatic carbocycles. The van der Waals surface area contributed by atoms with Crippen molar-refractivity contribution in [2.75, 3.05) is 13.2 Å². The van der Waals surface area contributed by atoms with Crippen LogP contribution < -0.4 is 4.72 Å². The number of hydrogen-bond donors (Lipinski definition) is 1. The third-order valence-corrected chi connectivity index (χ3v) is 8.13. The van der Waals surface area contributed by atoms with Gasteiger partial charge in [0, 0.05) is 11.6 Å². The first kappa shape index (κ1) is 21.6. The lowest BCUT2D eigenvalue weighted by Gasteiger charge is -2.27. The van der Waals surface area contributed by atoms with Crippen LogP contribution in [-0.4, -0.2) is 26.6 Å². The molecule has 0 amide bonds. The highest BCUT2D eigenvalue weighted by Crippen LogP contribution is 2.60. The molecule has 154 valence electrons. The van der Waals surface area contributed by atoms with Crippen molar-refractivity contribution in [2.45, 2.75) is 24.5 Å². The maximum atomic E-state index is 13.5. The average Bonchev–Trinajstić information content (AvgIpc) is 2.72. The van der Waals surface area contributed by atoms with Crippen LogP contribution >= 0.6 is 7.60 Å². The summed E-state index contributed by atoms with van der Waals surface area (Å²) in [6.07, 6.45) is 1.53. The van der Waals surface area contributed by atoms with Crippen molar-refractivity contribution in [1.82, 2.24) is 9.71 Å². The largest absolute Gasteiger partial charge is 0.352 e. The van der Waals surface area contributed by atoms with Crippen LogP contribution in [0.2, 0.25) is 0 Å². The van der Waals surface area contributed by atoms with Gasteiger partial charge in [0.15, 0.2) is 0 Å². The number of nitrogens with zero attached hydrogens (tertiary/aromatic N) is 1. The Labute approximate surface area is 170 Å². The number of para-hydroxylation sites is 1. The predicted molar refractivity (Wildman–Crippen MR) is 112 cm³/mol. The Balaban J connectivity index is 2.11. The fraction of sp³-hybridized carbons (Fsp3) is 0.250. The summed E-state index contributed by atoms with van der Waals surface area (Å²) in [5.74, 6) is -1.20. The van der Waals surface area contributed by atoms with Crippen LogP contribution in [0.25, 0.3) is 10.9 Å². The molecular formula is C20H23N2O5PS. The second-order valence-corrected chi connectivity index (χ2v) is 9.94. The highest BCUT2D eigenvalue weighted by Gasteiger charge is 2.40. The number of hydrogen-bond acceptors (Lipinski definition) is 6. The smallest absolute Gasteiger partial charge is 0.308 e. The van der Waals surface area contributed by atoms with Gasteiger partial charge >= 0.3 is 7.60 Å². The zero-order valence-corrected chi connectivity index (χ0v) is 17.9. The van der Waals surface area contributed by atoms with Gasteiger partial charge in [-0.15, -0.1) is 0 Å². The predicted octanol–water partition coefficient (Wildman–Crippen LogP) is 4.48. The van der Waals surface area contributed by atoms with E-state index >= 15 is 0 Å². The van der Waals surface area contributed by atoms with Gasteiger partial charge in [-0.1, -0.05) is 48.5 Å². The molecule has 1 heterocycles. The molecular weight excluding hydrogens is 411 g/mol. The van der Waals surface area contributed by atoms with Crippen LogP contribution in [0.3, 0.4) is 0 Å². The highest BCUT2D eigenvalue weighted by molar-refractivity contribution is 7.90. The minimum atomic E-state index is -4.10. The first-order chi connectivity index (χ1) is 13.9. The molecule has 0 aliphatic heterocycles. The van der Waals surface area contributed by atoms with E-state index in [0.717, 1.165) is 0 Å². The number of rotatable bonds is 9. The van der Waals surface area contributed by atoms with Gasteiger partial charge in [0.25, 0.3) is 0 Å². The number of sulfonamides is 1. The summed E-state index contributed by atoms with van der Waals surface area (Å²) in [6, 6.07) is 17.0. The van der Waals surface area contributed by atoms with Crippen LogP contribution in [0.5, 0.6) is 0 Å². The summed E-state index contributed by atoms with van der Waals surface area (Å²) in [6.45, 7) is 3.57. The normalized spacial score (nSPS) is 13.4. The van der Waals surface area contributed by atoms with Gasteiger partial charge in [0.2, 0.25) is 10.0 Å². The molecule has 1 N–H and O–H groups in total. The molecule has 1 aromatic heterocycles.